The summed E-state index contributed by atoms with van der Waals surface area (Å²) in [4.78, 5) is 14.1. The van der Waals surface area contributed by atoms with Crippen LogP contribution in [0.2, 0.25) is 0 Å². The summed E-state index contributed by atoms with van der Waals surface area (Å²) in [5.41, 5.74) is 2.91. The lowest BCUT2D eigenvalue weighted by molar-refractivity contribution is -0.604. The smallest absolute Gasteiger partial charge is 0.295 e. The molecule has 18 heavy (non-hydrogen) atoms. The van der Waals surface area contributed by atoms with E-state index in [9.17, 15) is 4.79 Å². The third-order valence-electron chi connectivity index (χ3n) is 3.28. The van der Waals surface area contributed by atoms with Gasteiger partial charge in [0.25, 0.3) is 5.91 Å². The highest BCUT2D eigenvalue weighted by Crippen LogP contribution is 2.28. The summed E-state index contributed by atoms with van der Waals surface area (Å²) in [5.74, 6) is 0.0694. The topological polar surface area (TPSA) is 35.9 Å². The first kappa shape index (κ1) is 11.0. The van der Waals surface area contributed by atoms with Crippen LogP contribution in [0.5, 0.6) is 0 Å². The Morgan fingerprint density at radius 3 is 2.44 bits per heavy atom. The van der Waals surface area contributed by atoms with Crippen LogP contribution in [0.1, 0.15) is 11.6 Å². The number of fused-ring (bicyclic) bond motifs is 1. The second-order valence-corrected chi connectivity index (χ2v) is 4.40. The van der Waals surface area contributed by atoms with Crippen molar-refractivity contribution in [3.63, 3.8) is 0 Å². The highest BCUT2D eigenvalue weighted by Gasteiger charge is 2.38. The molecular weight excluding hydrogens is 224 g/mol. The van der Waals surface area contributed by atoms with Gasteiger partial charge in [0.2, 0.25) is 11.7 Å². The average Bonchev–Trinajstić information content (AvgIpc) is 2.44. The van der Waals surface area contributed by atoms with Crippen LogP contribution in [0.15, 0.2) is 54.6 Å². The van der Waals surface area contributed by atoms with E-state index in [1.54, 1.807) is 4.90 Å². The summed E-state index contributed by atoms with van der Waals surface area (Å²) in [6.07, 6.45) is 0. The van der Waals surface area contributed by atoms with Gasteiger partial charge in [0.15, 0.2) is 0 Å². The summed E-state index contributed by atoms with van der Waals surface area (Å²) in [5, 5.41) is 3.30. The number of likely N-dealkylation sites (N-methyl/N-ethyl adjacent to an activating group) is 1. The number of nitrogens with one attached hydrogen (secondary N) is 1. The van der Waals surface area contributed by atoms with Crippen LogP contribution in [0, 0.1) is 0 Å². The third kappa shape index (κ3) is 1.69. The van der Waals surface area contributed by atoms with E-state index in [2.05, 4.69) is 5.32 Å². The van der Waals surface area contributed by atoms with Gasteiger partial charge in [-0.3, -0.25) is 4.79 Å². The van der Waals surface area contributed by atoms with Crippen molar-refractivity contribution in [2.24, 2.45) is 0 Å². The number of rotatable bonds is 1. The van der Waals surface area contributed by atoms with Crippen LogP contribution in [0.3, 0.4) is 0 Å². The maximum atomic E-state index is 12.4. The zero-order valence-electron chi connectivity index (χ0n) is 10.1. The minimum atomic E-state index is -0.300. The van der Waals surface area contributed by atoms with Crippen LogP contribution in [-0.4, -0.2) is 13.0 Å². The molecule has 1 N–H and O–H groups in total. The largest absolute Gasteiger partial charge is 0.304 e. The molecule has 1 aliphatic rings. The van der Waals surface area contributed by atoms with E-state index < -0.39 is 0 Å². The molecule has 0 saturated heterocycles. The van der Waals surface area contributed by atoms with Gasteiger partial charge in [-0.05, 0) is 6.07 Å². The molecule has 0 aromatic heterocycles. The Morgan fingerprint density at radius 1 is 1.00 bits per heavy atom. The normalized spacial score (nSPS) is 18.6. The first-order valence-electron chi connectivity index (χ1n) is 5.95. The monoisotopic (exact) mass is 238 g/mol. The molecule has 1 amide bonds. The van der Waals surface area contributed by atoms with E-state index in [1.165, 1.54) is 0 Å². The van der Waals surface area contributed by atoms with Gasteiger partial charge in [-0.1, -0.05) is 42.5 Å². The quantitative estimate of drug-likeness (QED) is 0.800. The van der Waals surface area contributed by atoms with Crippen LogP contribution in [0.4, 0.5) is 11.4 Å². The molecule has 3 rings (SSSR count). The molecule has 2 aromatic carbocycles. The van der Waals surface area contributed by atoms with E-state index in [0.717, 1.165) is 16.9 Å². The average molecular weight is 238 g/mol. The van der Waals surface area contributed by atoms with Crippen molar-refractivity contribution in [1.29, 1.82) is 0 Å². The summed E-state index contributed by atoms with van der Waals surface area (Å²) in [6, 6.07) is 17.3. The molecule has 1 aliphatic heterocycles. The summed E-state index contributed by atoms with van der Waals surface area (Å²) in [7, 11) is 1.82. The van der Waals surface area contributed by atoms with Crippen molar-refractivity contribution in [3.8, 4) is 0 Å². The molecule has 1 heterocycles. The number of carbonyl (C=O) groups is 1. The lowest BCUT2D eigenvalue weighted by Gasteiger charge is -2.26. The number of amides is 1. The number of benzene rings is 2. The molecule has 1 unspecified atom stereocenters. The van der Waals surface area contributed by atoms with Crippen LogP contribution in [0.25, 0.3) is 0 Å². The fourth-order valence-electron chi connectivity index (χ4n) is 2.29. The Hall–Kier alpha value is -2.13. The van der Waals surface area contributed by atoms with E-state index in [1.807, 2.05) is 61.6 Å². The molecular formula is C15H14N2O+. The van der Waals surface area contributed by atoms with Gasteiger partial charge < -0.3 is 4.90 Å². The first-order valence-corrected chi connectivity index (χ1v) is 5.95. The van der Waals surface area contributed by atoms with Crippen LogP contribution < -0.4 is 10.2 Å². The van der Waals surface area contributed by atoms with Crippen molar-refractivity contribution >= 4 is 17.3 Å². The van der Waals surface area contributed by atoms with E-state index in [4.69, 9.17) is 0 Å². The van der Waals surface area contributed by atoms with Crippen molar-refractivity contribution in [2.45, 2.75) is 6.04 Å². The lowest BCUT2D eigenvalue weighted by atomic mass is 10.0. The van der Waals surface area contributed by atoms with Crippen molar-refractivity contribution < 1.29 is 10.1 Å². The summed E-state index contributed by atoms with van der Waals surface area (Å²) in [6.45, 7) is 0. The van der Waals surface area contributed by atoms with Gasteiger partial charge in [0, 0.05) is 18.7 Å². The van der Waals surface area contributed by atoms with Crippen molar-refractivity contribution in [3.05, 3.63) is 60.2 Å². The molecule has 0 saturated carbocycles. The summed E-state index contributed by atoms with van der Waals surface area (Å²) >= 11 is 0. The van der Waals surface area contributed by atoms with E-state index >= 15 is 0 Å². The molecule has 2 aromatic rings. The predicted octanol–water partition coefficient (Wildman–Crippen LogP) is 1.38. The number of hydrogen-bond acceptors (Lipinski definition) is 2. The molecule has 1 radical (unpaired) electrons. The minimum absolute atomic E-state index is 0.0694. The lowest BCUT2D eigenvalue weighted by Crippen LogP contribution is -2.84. The Morgan fingerprint density at radius 2 is 1.67 bits per heavy atom. The number of hydrogen-bond donors (Lipinski definition) is 1. The molecule has 0 fully saturated rings. The van der Waals surface area contributed by atoms with Gasteiger partial charge in [-0.25, -0.2) is 0 Å². The zero-order chi connectivity index (χ0) is 12.5. The van der Waals surface area contributed by atoms with E-state index in [-0.39, 0.29) is 11.9 Å². The number of para-hydroxylation sites is 2. The Bertz CT molecular complexity index is 580. The second kappa shape index (κ2) is 4.27. The SMILES string of the molecule is CN1C(=O)C(c2ccccc2)[NH+]c2ccccc21. The minimum Gasteiger partial charge on any atom is -0.304 e. The van der Waals surface area contributed by atoms with Gasteiger partial charge >= 0.3 is 0 Å². The molecule has 1 atom stereocenters. The Balaban J connectivity index is 2.04. The van der Waals surface area contributed by atoms with Crippen molar-refractivity contribution in [2.75, 3.05) is 11.9 Å². The third-order valence-corrected chi connectivity index (χ3v) is 3.28. The number of nitrogens with zero attached hydrogens (tertiary/aromatic N) is 1. The molecule has 0 bridgehead atoms. The highest BCUT2D eigenvalue weighted by molar-refractivity contribution is 5.99. The standard InChI is InChI=1S/C15H14N2O/c1-17-13-10-6-5-9-12(13)16-14(15(17)18)11-7-3-2-4-8-11/h2-10,14,16H,1H3/q+1. The second-order valence-electron chi connectivity index (χ2n) is 4.40. The molecule has 0 aliphatic carbocycles. The van der Waals surface area contributed by atoms with Crippen LogP contribution >= 0.6 is 0 Å². The zero-order valence-corrected chi connectivity index (χ0v) is 10.1. The van der Waals surface area contributed by atoms with E-state index in [0.29, 0.717) is 0 Å². The molecule has 3 nitrogen and oxygen atoms in total. The number of anilines is 2. The van der Waals surface area contributed by atoms with Gasteiger partial charge in [0.05, 0.1) is 0 Å². The summed E-state index contributed by atoms with van der Waals surface area (Å²) < 4.78 is 0. The van der Waals surface area contributed by atoms with Gasteiger partial charge in [-0.2, -0.15) is 0 Å². The predicted molar refractivity (Wildman–Crippen MR) is 69.7 cm³/mol. The maximum Gasteiger partial charge on any atom is 0.295 e. The first-order chi connectivity index (χ1) is 8.77. The van der Waals surface area contributed by atoms with Gasteiger partial charge in [0.1, 0.15) is 5.69 Å². The molecule has 3 heteroatoms. The van der Waals surface area contributed by atoms with Gasteiger partial charge in [-0.15, -0.1) is 5.32 Å². The maximum absolute atomic E-state index is 12.4. The fourth-order valence-corrected chi connectivity index (χ4v) is 2.29. The molecule has 89 valence electrons. The fraction of sp³-hybridized carbons (Fsp3) is 0.133. The van der Waals surface area contributed by atoms with Crippen LogP contribution in [-0.2, 0) is 4.79 Å². The molecule has 0 spiro atoms. The Kier molecular flexibility index (Phi) is 2.61. The number of carbonyl (C=O) groups excluding carboxylic acids is 1. The Labute approximate surface area is 106 Å². The highest BCUT2D eigenvalue weighted by atomic mass is 16.2. The van der Waals surface area contributed by atoms with Crippen molar-refractivity contribution in [1.82, 2.24) is 0 Å².